The minimum absolute atomic E-state index is 0.0911. The number of hydrogen-bond donors (Lipinski definition) is 1. The fourth-order valence-electron chi connectivity index (χ4n) is 4.84. The first kappa shape index (κ1) is 20.3. The van der Waals surface area contributed by atoms with E-state index in [4.69, 9.17) is 16.3 Å². The summed E-state index contributed by atoms with van der Waals surface area (Å²) >= 11 is 6.26. The van der Waals surface area contributed by atoms with E-state index in [0.29, 0.717) is 24.8 Å². The molecule has 1 saturated heterocycles. The number of likely N-dealkylation sites (tertiary alicyclic amines) is 1. The first-order valence-corrected chi connectivity index (χ1v) is 10.6. The van der Waals surface area contributed by atoms with Gasteiger partial charge in [-0.25, -0.2) is 0 Å². The minimum atomic E-state index is -0.527. The van der Waals surface area contributed by atoms with Crippen molar-refractivity contribution in [2.75, 3.05) is 13.1 Å². The molecule has 1 N–H and O–H groups in total. The molecule has 29 heavy (non-hydrogen) atoms. The van der Waals surface area contributed by atoms with Gasteiger partial charge in [0, 0.05) is 37.1 Å². The van der Waals surface area contributed by atoms with Crippen LogP contribution < -0.4 is 4.74 Å². The van der Waals surface area contributed by atoms with Crippen LogP contribution in [-0.2, 0) is 7.05 Å². The number of carbonyl (C=O) groups is 1. The Bertz CT molecular complexity index is 915. The van der Waals surface area contributed by atoms with Crippen LogP contribution >= 0.6 is 11.6 Å². The molecule has 0 radical (unpaired) electrons. The Labute approximate surface area is 177 Å². The van der Waals surface area contributed by atoms with Gasteiger partial charge in [-0.05, 0) is 74.8 Å². The van der Waals surface area contributed by atoms with Gasteiger partial charge in [0.05, 0.1) is 11.7 Å². The van der Waals surface area contributed by atoms with Gasteiger partial charge in [-0.3, -0.25) is 4.79 Å². The standard InChI is InChI=1S/C23H29ClN2O3/c1-13-7-18(8-14(2)22(13)24)29-21-10-17-12-26(11-16(17)9-20(21)27)23(28)19-5-6-25(4)15(19)3/h5-8,16-17,20-21,27H,9-12H2,1-4H3/t16-,17+,20+,21+/m0/s1. The molecule has 0 spiro atoms. The van der Waals surface area contributed by atoms with E-state index >= 15 is 0 Å². The third kappa shape index (κ3) is 3.78. The Morgan fingerprint density at radius 1 is 1.14 bits per heavy atom. The number of halogens is 1. The highest BCUT2D eigenvalue weighted by Gasteiger charge is 2.44. The Morgan fingerprint density at radius 2 is 1.76 bits per heavy atom. The van der Waals surface area contributed by atoms with Gasteiger partial charge >= 0.3 is 0 Å². The Hall–Kier alpha value is -1.98. The van der Waals surface area contributed by atoms with E-state index in [0.717, 1.165) is 46.1 Å². The highest BCUT2D eigenvalue weighted by atomic mass is 35.5. The minimum Gasteiger partial charge on any atom is -0.488 e. The number of aliphatic hydroxyl groups excluding tert-OH is 1. The number of carbonyl (C=O) groups excluding carboxylic acids is 1. The van der Waals surface area contributed by atoms with E-state index in [1.807, 2.05) is 61.7 Å². The summed E-state index contributed by atoms with van der Waals surface area (Å²) in [6.07, 6.45) is 2.56. The Kier molecular flexibility index (Phi) is 5.38. The van der Waals surface area contributed by atoms with Crippen molar-refractivity contribution in [1.29, 1.82) is 0 Å². The number of aliphatic hydroxyl groups is 1. The smallest absolute Gasteiger partial charge is 0.255 e. The molecule has 2 aromatic rings. The second kappa shape index (κ2) is 7.69. The molecule has 2 fully saturated rings. The van der Waals surface area contributed by atoms with Crippen LogP contribution in [0, 0.1) is 32.6 Å². The molecule has 1 aliphatic carbocycles. The number of benzene rings is 1. The van der Waals surface area contributed by atoms with Crippen molar-refractivity contribution in [2.45, 2.75) is 45.8 Å². The topological polar surface area (TPSA) is 54.7 Å². The molecule has 5 nitrogen and oxygen atoms in total. The van der Waals surface area contributed by atoms with Gasteiger partial charge in [-0.15, -0.1) is 0 Å². The number of ether oxygens (including phenoxy) is 1. The van der Waals surface area contributed by atoms with Gasteiger partial charge in [0.1, 0.15) is 11.9 Å². The Balaban J connectivity index is 1.45. The maximum Gasteiger partial charge on any atom is 0.255 e. The van der Waals surface area contributed by atoms with Crippen LogP contribution in [0.4, 0.5) is 0 Å². The second-order valence-electron chi connectivity index (χ2n) is 8.72. The molecule has 0 bridgehead atoms. The highest BCUT2D eigenvalue weighted by molar-refractivity contribution is 6.32. The maximum absolute atomic E-state index is 13.0. The van der Waals surface area contributed by atoms with Crippen molar-refractivity contribution in [3.63, 3.8) is 0 Å². The molecule has 1 aromatic heterocycles. The van der Waals surface area contributed by atoms with Gasteiger partial charge < -0.3 is 19.3 Å². The van der Waals surface area contributed by atoms with E-state index < -0.39 is 6.10 Å². The predicted molar refractivity (Wildman–Crippen MR) is 114 cm³/mol. The molecule has 1 aliphatic heterocycles. The van der Waals surface area contributed by atoms with Crippen LogP contribution in [-0.4, -0.2) is 45.8 Å². The summed E-state index contributed by atoms with van der Waals surface area (Å²) in [5.74, 6) is 1.52. The van der Waals surface area contributed by atoms with Gasteiger partial charge in [0.25, 0.3) is 5.91 Å². The van der Waals surface area contributed by atoms with Gasteiger partial charge in [-0.1, -0.05) is 11.6 Å². The predicted octanol–water partition coefficient (Wildman–Crippen LogP) is 3.89. The van der Waals surface area contributed by atoms with Gasteiger partial charge in [-0.2, -0.15) is 0 Å². The summed E-state index contributed by atoms with van der Waals surface area (Å²) in [5, 5.41) is 11.5. The number of fused-ring (bicyclic) bond motifs is 1. The van der Waals surface area contributed by atoms with E-state index in [-0.39, 0.29) is 12.0 Å². The lowest BCUT2D eigenvalue weighted by Gasteiger charge is -2.35. The Morgan fingerprint density at radius 3 is 2.34 bits per heavy atom. The van der Waals surface area contributed by atoms with Gasteiger partial charge in [0.15, 0.2) is 0 Å². The zero-order valence-corrected chi connectivity index (χ0v) is 18.2. The number of nitrogens with zero attached hydrogens (tertiary/aromatic N) is 2. The number of aromatic nitrogens is 1. The molecule has 2 heterocycles. The molecular weight excluding hydrogens is 388 g/mol. The molecular formula is C23H29ClN2O3. The van der Waals surface area contributed by atoms with Crippen LogP contribution in [0.2, 0.25) is 5.02 Å². The molecule has 1 aromatic carbocycles. The average Bonchev–Trinajstić information content (AvgIpc) is 3.23. The number of amides is 1. The zero-order chi connectivity index (χ0) is 20.9. The number of hydrogen-bond acceptors (Lipinski definition) is 3. The summed E-state index contributed by atoms with van der Waals surface area (Å²) in [7, 11) is 1.95. The van der Waals surface area contributed by atoms with E-state index in [1.54, 1.807) is 0 Å². The van der Waals surface area contributed by atoms with Crippen LogP contribution in [0.3, 0.4) is 0 Å². The van der Waals surface area contributed by atoms with Gasteiger partial charge in [0.2, 0.25) is 0 Å². The van der Waals surface area contributed by atoms with Crippen molar-refractivity contribution in [3.8, 4) is 5.75 Å². The second-order valence-corrected chi connectivity index (χ2v) is 9.10. The third-order valence-electron chi connectivity index (χ3n) is 6.68. The summed E-state index contributed by atoms with van der Waals surface area (Å²) in [6.45, 7) is 7.33. The van der Waals surface area contributed by atoms with E-state index in [2.05, 4.69) is 0 Å². The largest absolute Gasteiger partial charge is 0.488 e. The summed E-state index contributed by atoms with van der Waals surface area (Å²) < 4.78 is 8.15. The molecule has 4 atom stereocenters. The number of rotatable bonds is 3. The third-order valence-corrected chi connectivity index (χ3v) is 7.28. The first-order valence-electron chi connectivity index (χ1n) is 10.3. The van der Waals surface area contributed by atoms with E-state index in [9.17, 15) is 9.90 Å². The summed E-state index contributed by atoms with van der Waals surface area (Å²) in [5.41, 5.74) is 3.70. The normalized spacial score (nSPS) is 26.5. The fourth-order valence-corrected chi connectivity index (χ4v) is 4.95. The number of aryl methyl sites for hydroxylation is 3. The maximum atomic E-state index is 13.0. The summed E-state index contributed by atoms with van der Waals surface area (Å²) in [6, 6.07) is 5.75. The monoisotopic (exact) mass is 416 g/mol. The highest BCUT2D eigenvalue weighted by Crippen LogP contribution is 2.39. The van der Waals surface area contributed by atoms with Crippen LogP contribution in [0.5, 0.6) is 5.75 Å². The zero-order valence-electron chi connectivity index (χ0n) is 17.5. The molecule has 156 valence electrons. The molecule has 1 amide bonds. The lowest BCUT2D eigenvalue weighted by molar-refractivity contribution is -0.0231. The SMILES string of the molecule is Cc1cc(O[C@@H]2C[C@@H]3CN(C(=O)c4ccn(C)c4C)C[C@@H]3C[C@H]2O)cc(C)c1Cl. The van der Waals surface area contributed by atoms with Crippen molar-refractivity contribution in [1.82, 2.24) is 9.47 Å². The lowest BCUT2D eigenvalue weighted by Crippen LogP contribution is -2.42. The summed E-state index contributed by atoms with van der Waals surface area (Å²) in [4.78, 5) is 14.9. The lowest BCUT2D eigenvalue weighted by atomic mass is 9.78. The van der Waals surface area contributed by atoms with Crippen molar-refractivity contribution in [3.05, 3.63) is 51.8 Å². The van der Waals surface area contributed by atoms with Crippen LogP contribution in [0.1, 0.15) is 40.0 Å². The van der Waals surface area contributed by atoms with Crippen molar-refractivity contribution < 1.29 is 14.6 Å². The van der Waals surface area contributed by atoms with E-state index in [1.165, 1.54) is 0 Å². The molecule has 1 saturated carbocycles. The fraction of sp³-hybridized carbons (Fsp3) is 0.522. The molecule has 2 aliphatic rings. The molecule has 6 heteroatoms. The van der Waals surface area contributed by atoms with Crippen LogP contribution in [0.25, 0.3) is 0 Å². The molecule has 0 unspecified atom stereocenters. The molecule has 4 rings (SSSR count). The van der Waals surface area contributed by atoms with Crippen molar-refractivity contribution in [2.24, 2.45) is 18.9 Å². The average molecular weight is 417 g/mol. The first-order chi connectivity index (χ1) is 13.7. The van der Waals surface area contributed by atoms with Crippen molar-refractivity contribution >= 4 is 17.5 Å². The van der Waals surface area contributed by atoms with Crippen LogP contribution in [0.15, 0.2) is 24.4 Å². The quantitative estimate of drug-likeness (QED) is 0.825.